The maximum atomic E-state index is 12.6. The third kappa shape index (κ3) is 2.46. The summed E-state index contributed by atoms with van der Waals surface area (Å²) in [6.07, 6.45) is -0.515. The zero-order chi connectivity index (χ0) is 15.7. The van der Waals surface area contributed by atoms with Gasteiger partial charge in [-0.25, -0.2) is 0 Å². The number of carbonyl (C=O) groups is 1. The number of amides is 1. The fourth-order valence-corrected chi connectivity index (χ4v) is 2.78. The average Bonchev–Trinajstić information content (AvgIpc) is 2.56. The van der Waals surface area contributed by atoms with Gasteiger partial charge in [0, 0.05) is 0 Å². The molecule has 1 N–H and O–H groups in total. The number of nitrogens with zero attached hydrogens (tertiary/aromatic N) is 1. The van der Waals surface area contributed by atoms with Gasteiger partial charge in [0.1, 0.15) is 5.75 Å². The Bertz CT molecular complexity index is 684. The largest absolute Gasteiger partial charge is 0.479 e. The van der Waals surface area contributed by atoms with E-state index in [1.165, 1.54) is 0 Å². The molecule has 0 aliphatic carbocycles. The van der Waals surface area contributed by atoms with Crippen molar-refractivity contribution in [3.8, 4) is 5.75 Å². The number of aliphatic hydroxyl groups is 1. The Morgan fingerprint density at radius 3 is 2.64 bits per heavy atom. The Kier molecular flexibility index (Phi) is 3.86. The van der Waals surface area contributed by atoms with Crippen LogP contribution in [0.15, 0.2) is 48.5 Å². The van der Waals surface area contributed by atoms with Crippen LogP contribution >= 0.6 is 0 Å². The normalized spacial score (nSPS) is 18.6. The highest BCUT2D eigenvalue weighted by atomic mass is 16.5. The molecule has 2 aromatic carbocycles. The van der Waals surface area contributed by atoms with Crippen LogP contribution in [0.2, 0.25) is 0 Å². The molecule has 3 rings (SSSR count). The summed E-state index contributed by atoms with van der Waals surface area (Å²) < 4.78 is 5.69. The van der Waals surface area contributed by atoms with E-state index in [9.17, 15) is 9.90 Å². The molecule has 1 aliphatic heterocycles. The number of carbonyl (C=O) groups excluding carboxylic acids is 1. The molecule has 0 radical (unpaired) electrons. The van der Waals surface area contributed by atoms with E-state index < -0.39 is 6.10 Å². The van der Waals surface area contributed by atoms with Crippen molar-refractivity contribution in [3.05, 3.63) is 59.7 Å². The van der Waals surface area contributed by atoms with Crippen molar-refractivity contribution in [3.63, 3.8) is 0 Å². The van der Waals surface area contributed by atoms with Crippen LogP contribution < -0.4 is 9.64 Å². The van der Waals surface area contributed by atoms with Gasteiger partial charge in [0.15, 0.2) is 6.10 Å². The first kappa shape index (κ1) is 14.6. The number of hydrogen-bond donors (Lipinski definition) is 1. The average molecular weight is 297 g/mol. The molecule has 0 spiro atoms. The SMILES string of the molecule is CC1Oc2ccc(CO)cc2N(C(C)c2ccccc2)C1=O. The molecule has 0 aromatic heterocycles. The minimum absolute atomic E-state index is 0.0649. The van der Waals surface area contributed by atoms with Crippen LogP contribution in [-0.2, 0) is 11.4 Å². The zero-order valence-electron chi connectivity index (χ0n) is 12.7. The summed E-state index contributed by atoms with van der Waals surface area (Å²) in [5.74, 6) is 0.603. The molecular formula is C18H19NO3. The van der Waals surface area contributed by atoms with Gasteiger partial charge in [-0.1, -0.05) is 36.4 Å². The molecule has 2 atom stereocenters. The molecule has 22 heavy (non-hydrogen) atoms. The Morgan fingerprint density at radius 2 is 1.95 bits per heavy atom. The predicted octanol–water partition coefficient (Wildman–Crippen LogP) is 3.05. The van der Waals surface area contributed by atoms with Gasteiger partial charge in [0.25, 0.3) is 5.91 Å². The Balaban J connectivity index is 2.08. The molecule has 1 aliphatic rings. The number of aliphatic hydroxyl groups excluding tert-OH is 1. The Morgan fingerprint density at radius 1 is 1.23 bits per heavy atom. The Hall–Kier alpha value is -2.33. The molecule has 0 bridgehead atoms. The lowest BCUT2D eigenvalue weighted by atomic mass is 10.0. The van der Waals surface area contributed by atoms with Gasteiger partial charge in [-0.05, 0) is 37.1 Å². The van der Waals surface area contributed by atoms with E-state index in [0.717, 1.165) is 11.1 Å². The molecule has 0 saturated heterocycles. The Labute approximate surface area is 130 Å². The highest BCUT2D eigenvalue weighted by Crippen LogP contribution is 2.39. The lowest BCUT2D eigenvalue weighted by Gasteiger charge is -2.37. The standard InChI is InChI=1S/C18H19NO3/c1-12(15-6-4-3-5-7-15)19-16-10-14(11-20)8-9-17(16)22-13(2)18(19)21/h3-10,12-13,20H,11H2,1-2H3. The summed E-state index contributed by atoms with van der Waals surface area (Å²) >= 11 is 0. The van der Waals surface area contributed by atoms with Crippen LogP contribution in [0, 0.1) is 0 Å². The van der Waals surface area contributed by atoms with E-state index in [1.807, 2.05) is 55.5 Å². The highest BCUT2D eigenvalue weighted by Gasteiger charge is 2.35. The summed E-state index contributed by atoms with van der Waals surface area (Å²) in [7, 11) is 0. The van der Waals surface area contributed by atoms with Gasteiger partial charge in [-0.3, -0.25) is 9.69 Å². The third-order valence-electron chi connectivity index (χ3n) is 4.02. The van der Waals surface area contributed by atoms with Crippen LogP contribution in [0.4, 0.5) is 5.69 Å². The quantitative estimate of drug-likeness (QED) is 0.947. The van der Waals surface area contributed by atoms with Crippen LogP contribution in [0.5, 0.6) is 5.75 Å². The van der Waals surface area contributed by atoms with Crippen molar-refractivity contribution in [2.45, 2.75) is 32.6 Å². The molecule has 0 fully saturated rings. The van der Waals surface area contributed by atoms with Crippen LogP contribution in [0.25, 0.3) is 0 Å². The summed E-state index contributed by atoms with van der Waals surface area (Å²) in [6, 6.07) is 15.2. The monoisotopic (exact) mass is 297 g/mol. The molecule has 2 aromatic rings. The topological polar surface area (TPSA) is 49.8 Å². The first-order valence-corrected chi connectivity index (χ1v) is 7.40. The maximum Gasteiger partial charge on any atom is 0.268 e. The van der Waals surface area contributed by atoms with Crippen LogP contribution in [0.3, 0.4) is 0 Å². The lowest BCUT2D eigenvalue weighted by molar-refractivity contribution is -0.126. The maximum absolute atomic E-state index is 12.6. The van der Waals surface area contributed by atoms with E-state index in [-0.39, 0.29) is 18.6 Å². The number of ether oxygens (including phenoxy) is 1. The fourth-order valence-electron chi connectivity index (χ4n) is 2.78. The molecule has 0 saturated carbocycles. The van der Waals surface area contributed by atoms with Gasteiger partial charge < -0.3 is 9.84 Å². The number of anilines is 1. The van der Waals surface area contributed by atoms with Crippen molar-refractivity contribution in [1.82, 2.24) is 0 Å². The van der Waals surface area contributed by atoms with E-state index in [4.69, 9.17) is 4.74 Å². The summed E-state index contributed by atoms with van der Waals surface area (Å²) in [6.45, 7) is 3.70. The summed E-state index contributed by atoms with van der Waals surface area (Å²) in [4.78, 5) is 14.4. The van der Waals surface area contributed by atoms with Crippen molar-refractivity contribution in [1.29, 1.82) is 0 Å². The molecular weight excluding hydrogens is 278 g/mol. The van der Waals surface area contributed by atoms with Crippen molar-refractivity contribution in [2.75, 3.05) is 4.90 Å². The second-order valence-electron chi connectivity index (χ2n) is 5.52. The smallest absolute Gasteiger partial charge is 0.268 e. The second kappa shape index (κ2) is 5.81. The van der Waals surface area contributed by atoms with Gasteiger partial charge in [0.2, 0.25) is 0 Å². The van der Waals surface area contributed by atoms with E-state index in [0.29, 0.717) is 11.4 Å². The van der Waals surface area contributed by atoms with Crippen molar-refractivity contribution < 1.29 is 14.6 Å². The van der Waals surface area contributed by atoms with E-state index >= 15 is 0 Å². The third-order valence-corrected chi connectivity index (χ3v) is 4.02. The summed E-state index contributed by atoms with van der Waals surface area (Å²) in [5.41, 5.74) is 2.53. The number of fused-ring (bicyclic) bond motifs is 1. The molecule has 4 nitrogen and oxygen atoms in total. The highest BCUT2D eigenvalue weighted by molar-refractivity contribution is 6.00. The molecule has 1 heterocycles. The van der Waals surface area contributed by atoms with E-state index in [1.54, 1.807) is 11.8 Å². The van der Waals surface area contributed by atoms with Gasteiger partial charge >= 0.3 is 0 Å². The second-order valence-corrected chi connectivity index (χ2v) is 5.52. The number of hydrogen-bond acceptors (Lipinski definition) is 3. The van der Waals surface area contributed by atoms with Crippen LogP contribution in [0.1, 0.15) is 31.0 Å². The van der Waals surface area contributed by atoms with Gasteiger partial charge in [0.05, 0.1) is 18.3 Å². The van der Waals surface area contributed by atoms with Gasteiger partial charge in [-0.2, -0.15) is 0 Å². The lowest BCUT2D eigenvalue weighted by Crippen LogP contribution is -2.45. The zero-order valence-corrected chi connectivity index (χ0v) is 12.7. The molecule has 4 heteroatoms. The fraction of sp³-hybridized carbons (Fsp3) is 0.278. The minimum Gasteiger partial charge on any atom is -0.479 e. The number of rotatable bonds is 3. The first-order valence-electron chi connectivity index (χ1n) is 7.40. The number of benzene rings is 2. The van der Waals surface area contributed by atoms with Crippen molar-refractivity contribution >= 4 is 11.6 Å². The van der Waals surface area contributed by atoms with Crippen molar-refractivity contribution in [2.24, 2.45) is 0 Å². The molecule has 114 valence electrons. The van der Waals surface area contributed by atoms with Crippen LogP contribution in [-0.4, -0.2) is 17.1 Å². The minimum atomic E-state index is -0.515. The molecule has 1 amide bonds. The van der Waals surface area contributed by atoms with E-state index in [2.05, 4.69) is 0 Å². The summed E-state index contributed by atoms with van der Waals surface area (Å²) in [5, 5.41) is 9.35. The predicted molar refractivity (Wildman–Crippen MR) is 84.8 cm³/mol. The molecule has 2 unspecified atom stereocenters. The first-order chi connectivity index (χ1) is 10.6. The van der Waals surface area contributed by atoms with Gasteiger partial charge in [-0.15, -0.1) is 0 Å².